The number of hydrogen-bond acceptors (Lipinski definition) is 8. The van der Waals surface area contributed by atoms with Gasteiger partial charge in [-0.1, -0.05) is 37.3 Å². The number of rotatable bonds is 14. The minimum atomic E-state index is -0.487. The fourth-order valence-electron chi connectivity index (χ4n) is 3.54. The minimum Gasteiger partial charge on any atom is -0.369 e. The molecule has 3 rings (SSSR count). The van der Waals surface area contributed by atoms with Gasteiger partial charge in [0, 0.05) is 48.7 Å². The van der Waals surface area contributed by atoms with Crippen molar-refractivity contribution in [3.8, 4) is 11.1 Å². The molecule has 0 unspecified atom stereocenters. The first-order valence-corrected chi connectivity index (χ1v) is 13.0. The molecule has 0 fully saturated rings. The van der Waals surface area contributed by atoms with Gasteiger partial charge in [-0.25, -0.2) is 4.98 Å². The summed E-state index contributed by atoms with van der Waals surface area (Å²) in [5.74, 6) is 0.0289. The Labute approximate surface area is 234 Å². The Bertz CT molecular complexity index is 1320. The molecule has 210 valence electrons. The summed E-state index contributed by atoms with van der Waals surface area (Å²) >= 11 is 0. The zero-order chi connectivity index (χ0) is 28.9. The van der Waals surface area contributed by atoms with E-state index < -0.39 is 5.91 Å². The van der Waals surface area contributed by atoms with Crippen LogP contribution in [0.3, 0.4) is 0 Å². The van der Waals surface area contributed by atoms with E-state index in [1.807, 2.05) is 43.3 Å². The molecule has 0 aliphatic rings. The average Bonchev–Trinajstić information content (AvgIpc) is 2.94. The van der Waals surface area contributed by atoms with Crippen molar-refractivity contribution in [1.29, 1.82) is 0 Å². The molecular formula is C29H36N8O3. The van der Waals surface area contributed by atoms with Crippen LogP contribution in [0.1, 0.15) is 29.3 Å². The van der Waals surface area contributed by atoms with E-state index in [0.717, 1.165) is 35.3 Å². The summed E-state index contributed by atoms with van der Waals surface area (Å²) in [6, 6.07) is 14.5. The van der Waals surface area contributed by atoms with Gasteiger partial charge in [-0.2, -0.15) is 4.98 Å². The van der Waals surface area contributed by atoms with Crippen molar-refractivity contribution in [2.24, 2.45) is 5.73 Å². The van der Waals surface area contributed by atoms with Gasteiger partial charge in [0.25, 0.3) is 0 Å². The van der Waals surface area contributed by atoms with Crippen LogP contribution < -0.4 is 27.0 Å². The predicted molar refractivity (Wildman–Crippen MR) is 157 cm³/mol. The molecular weight excluding hydrogens is 508 g/mol. The van der Waals surface area contributed by atoms with Gasteiger partial charge in [0.15, 0.2) is 0 Å². The number of likely N-dealkylation sites (N-methyl/N-ethyl adjacent to an activating group) is 1. The van der Waals surface area contributed by atoms with Gasteiger partial charge in [0.05, 0.1) is 6.54 Å². The second kappa shape index (κ2) is 15.0. The maximum absolute atomic E-state index is 12.1. The summed E-state index contributed by atoms with van der Waals surface area (Å²) in [7, 11) is 3.81. The molecule has 11 heteroatoms. The van der Waals surface area contributed by atoms with Gasteiger partial charge in [-0.3, -0.25) is 14.4 Å². The van der Waals surface area contributed by atoms with Crippen molar-refractivity contribution in [1.82, 2.24) is 25.5 Å². The zero-order valence-corrected chi connectivity index (χ0v) is 23.0. The molecule has 1 heterocycles. The molecule has 11 nitrogen and oxygen atoms in total. The van der Waals surface area contributed by atoms with E-state index in [2.05, 4.69) is 38.2 Å². The molecule has 0 aliphatic carbocycles. The highest BCUT2D eigenvalue weighted by molar-refractivity contribution is 5.93. The monoisotopic (exact) mass is 544 g/mol. The SMILES string of the molecule is CCCNc1nc(Nc2ccc(C(N)=O)cc2)ncc1-c1ccc(CNC(=O)CNC(=O)/C=C/CN(C)C)cc1. The largest absolute Gasteiger partial charge is 0.369 e. The second-order valence-corrected chi connectivity index (χ2v) is 9.31. The van der Waals surface area contributed by atoms with Gasteiger partial charge >= 0.3 is 0 Å². The van der Waals surface area contributed by atoms with Crippen LogP contribution in [0.25, 0.3) is 11.1 Å². The first-order chi connectivity index (χ1) is 19.2. The van der Waals surface area contributed by atoms with Crippen molar-refractivity contribution in [2.75, 3.05) is 44.4 Å². The lowest BCUT2D eigenvalue weighted by atomic mass is 10.1. The maximum Gasteiger partial charge on any atom is 0.248 e. The minimum absolute atomic E-state index is 0.0946. The van der Waals surface area contributed by atoms with E-state index in [9.17, 15) is 14.4 Å². The molecule has 0 aliphatic heterocycles. The maximum atomic E-state index is 12.1. The van der Waals surface area contributed by atoms with Crippen molar-refractivity contribution in [3.05, 3.63) is 78.0 Å². The number of hydrogen-bond donors (Lipinski definition) is 5. The van der Waals surface area contributed by atoms with Crippen molar-refractivity contribution < 1.29 is 14.4 Å². The Kier molecular flexibility index (Phi) is 11.2. The molecule has 3 amide bonds. The Hall–Kier alpha value is -4.77. The quantitative estimate of drug-likeness (QED) is 0.194. The predicted octanol–water partition coefficient (Wildman–Crippen LogP) is 2.66. The highest BCUT2D eigenvalue weighted by atomic mass is 16.2. The summed E-state index contributed by atoms with van der Waals surface area (Å²) in [4.78, 5) is 46.3. The Balaban J connectivity index is 1.60. The number of amides is 3. The van der Waals surface area contributed by atoms with Gasteiger partial charge in [0.1, 0.15) is 5.82 Å². The van der Waals surface area contributed by atoms with E-state index >= 15 is 0 Å². The molecule has 6 N–H and O–H groups in total. The van der Waals surface area contributed by atoms with Gasteiger partial charge in [0.2, 0.25) is 23.7 Å². The Morgan fingerprint density at radius 3 is 2.38 bits per heavy atom. The third kappa shape index (κ3) is 9.52. The van der Waals surface area contributed by atoms with E-state index in [4.69, 9.17) is 5.73 Å². The molecule has 0 saturated carbocycles. The number of nitrogens with zero attached hydrogens (tertiary/aromatic N) is 3. The molecule has 0 spiro atoms. The molecule has 0 bridgehead atoms. The highest BCUT2D eigenvalue weighted by Gasteiger charge is 2.11. The second-order valence-electron chi connectivity index (χ2n) is 9.31. The van der Waals surface area contributed by atoms with E-state index in [-0.39, 0.29) is 18.4 Å². The van der Waals surface area contributed by atoms with Crippen LogP contribution in [0, 0.1) is 0 Å². The molecule has 40 heavy (non-hydrogen) atoms. The highest BCUT2D eigenvalue weighted by Crippen LogP contribution is 2.28. The van der Waals surface area contributed by atoms with Crippen LogP contribution in [0.5, 0.6) is 0 Å². The number of carbonyl (C=O) groups excluding carboxylic acids is 3. The lowest BCUT2D eigenvalue weighted by Crippen LogP contribution is -2.35. The summed E-state index contributed by atoms with van der Waals surface area (Å²) < 4.78 is 0. The summed E-state index contributed by atoms with van der Waals surface area (Å²) in [6.07, 6.45) is 5.83. The van der Waals surface area contributed by atoms with E-state index in [1.165, 1.54) is 6.08 Å². The van der Waals surface area contributed by atoms with E-state index in [0.29, 0.717) is 30.4 Å². The van der Waals surface area contributed by atoms with Crippen LogP contribution >= 0.6 is 0 Å². The molecule has 2 aromatic carbocycles. The van der Waals surface area contributed by atoms with Crippen molar-refractivity contribution in [2.45, 2.75) is 19.9 Å². The lowest BCUT2D eigenvalue weighted by Gasteiger charge is -2.13. The van der Waals surface area contributed by atoms with Crippen LogP contribution in [-0.4, -0.2) is 66.3 Å². The molecule has 0 saturated heterocycles. The van der Waals surface area contributed by atoms with Crippen molar-refractivity contribution >= 4 is 35.2 Å². The number of carbonyl (C=O) groups is 3. The number of benzene rings is 2. The number of nitrogens with one attached hydrogen (secondary N) is 4. The van der Waals surface area contributed by atoms with Crippen LogP contribution in [0.4, 0.5) is 17.5 Å². The topological polar surface area (TPSA) is 154 Å². The number of aromatic nitrogens is 2. The lowest BCUT2D eigenvalue weighted by molar-refractivity contribution is -0.124. The van der Waals surface area contributed by atoms with Crippen LogP contribution in [-0.2, 0) is 16.1 Å². The average molecular weight is 545 g/mol. The normalized spacial score (nSPS) is 10.9. The van der Waals surface area contributed by atoms with Crippen LogP contribution in [0.2, 0.25) is 0 Å². The van der Waals surface area contributed by atoms with Crippen LogP contribution in [0.15, 0.2) is 66.9 Å². The summed E-state index contributed by atoms with van der Waals surface area (Å²) in [5.41, 5.74) is 9.13. The van der Waals surface area contributed by atoms with Gasteiger partial charge < -0.3 is 31.9 Å². The van der Waals surface area contributed by atoms with E-state index in [1.54, 1.807) is 36.5 Å². The first-order valence-electron chi connectivity index (χ1n) is 13.0. The standard InChI is InChI=1S/C29H36N8O3/c1-4-15-31-28-24(18-34-29(36-28)35-23-13-11-22(12-14-23)27(30)40)21-9-7-20(8-10-21)17-32-26(39)19-33-25(38)6-5-16-37(2)3/h5-14,18H,4,15-17,19H2,1-3H3,(H2,30,40)(H,32,39)(H,33,38)(H2,31,34,35,36)/b6-5+. The fraction of sp³-hybridized carbons (Fsp3) is 0.276. The molecule has 0 radical (unpaired) electrons. The fourth-order valence-corrected chi connectivity index (χ4v) is 3.54. The summed E-state index contributed by atoms with van der Waals surface area (Å²) in [6.45, 7) is 3.70. The Morgan fingerprint density at radius 2 is 1.73 bits per heavy atom. The van der Waals surface area contributed by atoms with Gasteiger partial charge in [-0.15, -0.1) is 0 Å². The number of nitrogens with two attached hydrogens (primary N) is 1. The number of anilines is 3. The Morgan fingerprint density at radius 1 is 1.00 bits per heavy atom. The van der Waals surface area contributed by atoms with Crippen molar-refractivity contribution in [3.63, 3.8) is 0 Å². The summed E-state index contributed by atoms with van der Waals surface area (Å²) in [5, 5.41) is 11.9. The smallest absolute Gasteiger partial charge is 0.248 e. The molecule has 0 atom stereocenters. The van der Waals surface area contributed by atoms with Gasteiger partial charge in [-0.05, 0) is 55.9 Å². The molecule has 1 aromatic heterocycles. The third-order valence-electron chi connectivity index (χ3n) is 5.67. The molecule has 3 aromatic rings. The first kappa shape index (κ1) is 29.8. The number of primary amides is 1. The third-order valence-corrected chi connectivity index (χ3v) is 5.67. The zero-order valence-electron chi connectivity index (χ0n) is 23.0.